The monoisotopic (exact) mass is 849 g/mol. The summed E-state index contributed by atoms with van der Waals surface area (Å²) in [4.78, 5) is 37.8. The third kappa shape index (κ3) is 45.9. The van der Waals surface area contributed by atoms with Crippen LogP contribution in [-0.2, 0) is 28.6 Å². The molecule has 0 aliphatic rings. The normalized spacial score (nSPS) is 12.5. The molecule has 0 heterocycles. The number of unbranched alkanes of at least 4 members (excludes halogenated alkanes) is 32. The van der Waals surface area contributed by atoms with E-state index in [0.29, 0.717) is 19.3 Å². The summed E-state index contributed by atoms with van der Waals surface area (Å²) in [5, 5.41) is 0. The van der Waals surface area contributed by atoms with Gasteiger partial charge in [-0.25, -0.2) is 0 Å². The van der Waals surface area contributed by atoms with Gasteiger partial charge >= 0.3 is 17.9 Å². The zero-order valence-corrected chi connectivity index (χ0v) is 41.1. The Balaban J connectivity index is 4.14. The molecule has 0 aromatic rings. The molecule has 0 bridgehead atoms. The first-order valence-electron chi connectivity index (χ1n) is 26.8. The van der Waals surface area contributed by atoms with Crippen LogP contribution in [0.2, 0.25) is 0 Å². The minimum atomic E-state index is -0.761. The SMILES string of the molecule is CCCCCCCCCCCCC(=O)OC[C@H](COC(=O)CCCCCCCCCCCCCCCCCCCCC(C)CC)OC(=O)CCCCCCCCCC(C)C. The summed E-state index contributed by atoms with van der Waals surface area (Å²) in [6, 6.07) is 0. The number of carbonyl (C=O) groups excluding carboxylic acids is 3. The largest absolute Gasteiger partial charge is 0.462 e. The topological polar surface area (TPSA) is 78.9 Å². The molecular weight excluding hydrogens is 745 g/mol. The average Bonchev–Trinajstić information content (AvgIpc) is 3.23. The number of esters is 3. The first kappa shape index (κ1) is 58.4. The lowest BCUT2D eigenvalue weighted by molar-refractivity contribution is -0.167. The number of hydrogen-bond acceptors (Lipinski definition) is 6. The summed E-state index contributed by atoms with van der Waals surface area (Å²) in [7, 11) is 0. The molecule has 0 rings (SSSR count). The van der Waals surface area contributed by atoms with Crippen molar-refractivity contribution in [3.8, 4) is 0 Å². The first-order chi connectivity index (χ1) is 29.3. The highest BCUT2D eigenvalue weighted by molar-refractivity contribution is 5.71. The van der Waals surface area contributed by atoms with Crippen molar-refractivity contribution in [1.29, 1.82) is 0 Å². The summed E-state index contributed by atoms with van der Waals surface area (Å²) in [6.45, 7) is 11.4. The van der Waals surface area contributed by atoms with E-state index >= 15 is 0 Å². The van der Waals surface area contributed by atoms with E-state index in [2.05, 4.69) is 34.6 Å². The van der Waals surface area contributed by atoms with Gasteiger partial charge in [0.15, 0.2) is 6.10 Å². The van der Waals surface area contributed by atoms with Gasteiger partial charge in [-0.3, -0.25) is 14.4 Å². The standard InChI is InChI=1S/C54H104O6/c1-6-8-9-10-11-12-24-29-34-39-44-52(55)58-47-51(60-54(57)46-41-36-31-26-27-32-37-42-49(3)4)48-59-53(56)45-40-35-30-25-22-20-18-16-14-13-15-17-19-21-23-28-33-38-43-50(5)7-2/h49-51H,6-48H2,1-5H3/t50?,51-/m1/s1. The van der Waals surface area contributed by atoms with Gasteiger partial charge in [-0.05, 0) is 31.1 Å². The smallest absolute Gasteiger partial charge is 0.306 e. The maximum atomic E-state index is 12.7. The number of ether oxygens (including phenoxy) is 3. The molecule has 0 aromatic heterocycles. The second kappa shape index (κ2) is 46.9. The van der Waals surface area contributed by atoms with Gasteiger partial charge in [0.05, 0.1) is 0 Å². The maximum absolute atomic E-state index is 12.7. The fourth-order valence-corrected chi connectivity index (χ4v) is 8.13. The Morgan fingerprint density at radius 1 is 0.350 bits per heavy atom. The van der Waals surface area contributed by atoms with E-state index in [0.717, 1.165) is 69.6 Å². The molecule has 0 saturated heterocycles. The molecule has 0 spiro atoms. The summed E-state index contributed by atoms with van der Waals surface area (Å²) < 4.78 is 16.8. The molecule has 1 unspecified atom stereocenters. The van der Waals surface area contributed by atoms with Crippen LogP contribution >= 0.6 is 0 Å². The van der Waals surface area contributed by atoms with Crippen LogP contribution in [0.5, 0.6) is 0 Å². The predicted octanol–water partition coefficient (Wildman–Crippen LogP) is 17.3. The zero-order chi connectivity index (χ0) is 44.0. The Hall–Kier alpha value is -1.59. The molecule has 356 valence electrons. The van der Waals surface area contributed by atoms with Crippen molar-refractivity contribution in [3.63, 3.8) is 0 Å². The fraction of sp³-hybridized carbons (Fsp3) is 0.944. The Labute approximate surface area is 374 Å². The van der Waals surface area contributed by atoms with Crippen LogP contribution in [0.4, 0.5) is 0 Å². The molecule has 6 nitrogen and oxygen atoms in total. The Morgan fingerprint density at radius 2 is 0.633 bits per heavy atom. The van der Waals surface area contributed by atoms with E-state index < -0.39 is 6.10 Å². The number of carbonyl (C=O) groups is 3. The van der Waals surface area contributed by atoms with Crippen molar-refractivity contribution in [2.24, 2.45) is 11.8 Å². The third-order valence-corrected chi connectivity index (χ3v) is 12.6. The quantitative estimate of drug-likeness (QED) is 0.0345. The van der Waals surface area contributed by atoms with E-state index in [1.54, 1.807) is 0 Å². The number of hydrogen-bond donors (Lipinski definition) is 0. The molecule has 0 radical (unpaired) electrons. The van der Waals surface area contributed by atoms with Crippen LogP contribution in [0, 0.1) is 11.8 Å². The van der Waals surface area contributed by atoms with Crippen molar-refractivity contribution < 1.29 is 28.6 Å². The molecule has 0 aliphatic heterocycles. The molecule has 0 aromatic carbocycles. The second-order valence-electron chi connectivity index (χ2n) is 19.2. The van der Waals surface area contributed by atoms with Crippen LogP contribution < -0.4 is 0 Å². The average molecular weight is 849 g/mol. The van der Waals surface area contributed by atoms with Gasteiger partial charge in [0.1, 0.15) is 13.2 Å². The highest BCUT2D eigenvalue weighted by atomic mass is 16.6. The lowest BCUT2D eigenvalue weighted by atomic mass is 9.99. The van der Waals surface area contributed by atoms with Crippen molar-refractivity contribution in [1.82, 2.24) is 0 Å². The minimum Gasteiger partial charge on any atom is -0.462 e. The van der Waals surface area contributed by atoms with Gasteiger partial charge in [0.25, 0.3) is 0 Å². The van der Waals surface area contributed by atoms with Crippen molar-refractivity contribution in [2.45, 2.75) is 304 Å². The van der Waals surface area contributed by atoms with Crippen LogP contribution in [-0.4, -0.2) is 37.2 Å². The van der Waals surface area contributed by atoms with E-state index in [-0.39, 0.29) is 31.1 Å². The van der Waals surface area contributed by atoms with E-state index in [1.807, 2.05) is 0 Å². The molecule has 0 aliphatic carbocycles. The van der Waals surface area contributed by atoms with E-state index in [4.69, 9.17) is 14.2 Å². The highest BCUT2D eigenvalue weighted by Gasteiger charge is 2.19. The zero-order valence-electron chi connectivity index (χ0n) is 41.1. The van der Waals surface area contributed by atoms with Crippen molar-refractivity contribution in [3.05, 3.63) is 0 Å². The van der Waals surface area contributed by atoms with Gasteiger partial charge in [0, 0.05) is 19.3 Å². The highest BCUT2D eigenvalue weighted by Crippen LogP contribution is 2.18. The summed E-state index contributed by atoms with van der Waals surface area (Å²) in [5.41, 5.74) is 0. The van der Waals surface area contributed by atoms with Crippen LogP contribution in [0.3, 0.4) is 0 Å². The fourth-order valence-electron chi connectivity index (χ4n) is 8.13. The summed E-state index contributed by atoms with van der Waals surface area (Å²) in [5.74, 6) is 0.836. The first-order valence-corrected chi connectivity index (χ1v) is 26.8. The van der Waals surface area contributed by atoms with E-state index in [9.17, 15) is 14.4 Å². The minimum absolute atomic E-state index is 0.0643. The van der Waals surface area contributed by atoms with Gasteiger partial charge in [-0.1, -0.05) is 259 Å². The lowest BCUT2D eigenvalue weighted by Gasteiger charge is -2.18. The Kier molecular flexibility index (Phi) is 45.7. The molecule has 60 heavy (non-hydrogen) atoms. The van der Waals surface area contributed by atoms with Gasteiger partial charge in [-0.15, -0.1) is 0 Å². The molecule has 6 heteroatoms. The van der Waals surface area contributed by atoms with Gasteiger partial charge < -0.3 is 14.2 Å². The van der Waals surface area contributed by atoms with Crippen LogP contribution in [0.1, 0.15) is 298 Å². The Bertz CT molecular complexity index is 918. The van der Waals surface area contributed by atoms with Crippen molar-refractivity contribution >= 4 is 17.9 Å². The van der Waals surface area contributed by atoms with Crippen LogP contribution in [0.25, 0.3) is 0 Å². The van der Waals surface area contributed by atoms with E-state index in [1.165, 1.54) is 186 Å². The molecule has 0 saturated carbocycles. The second-order valence-corrected chi connectivity index (χ2v) is 19.2. The Morgan fingerprint density at radius 3 is 0.950 bits per heavy atom. The molecule has 0 amide bonds. The number of rotatable bonds is 48. The molecular formula is C54H104O6. The molecule has 0 fully saturated rings. The summed E-state index contributed by atoms with van der Waals surface area (Å²) >= 11 is 0. The third-order valence-electron chi connectivity index (χ3n) is 12.6. The molecule has 0 N–H and O–H groups in total. The molecule has 2 atom stereocenters. The van der Waals surface area contributed by atoms with Crippen molar-refractivity contribution in [2.75, 3.05) is 13.2 Å². The van der Waals surface area contributed by atoms with Gasteiger partial charge in [-0.2, -0.15) is 0 Å². The lowest BCUT2D eigenvalue weighted by Crippen LogP contribution is -2.30. The maximum Gasteiger partial charge on any atom is 0.306 e. The summed E-state index contributed by atoms with van der Waals surface area (Å²) in [6.07, 6.45) is 48.2. The van der Waals surface area contributed by atoms with Gasteiger partial charge in [0.2, 0.25) is 0 Å². The predicted molar refractivity (Wildman–Crippen MR) is 256 cm³/mol. The van der Waals surface area contributed by atoms with Crippen LogP contribution in [0.15, 0.2) is 0 Å².